The Morgan fingerprint density at radius 1 is 1.35 bits per heavy atom. The normalized spacial score (nSPS) is 9.35. The van der Waals surface area contributed by atoms with Crippen LogP contribution in [0.15, 0.2) is 29.3 Å². The third-order valence-electron chi connectivity index (χ3n) is 2.02. The molecule has 0 spiro atoms. The van der Waals surface area contributed by atoms with Gasteiger partial charge in [-0.15, -0.1) is 0 Å². The van der Waals surface area contributed by atoms with Crippen LogP contribution in [-0.4, -0.2) is 26.4 Å². The highest BCUT2D eigenvalue weighted by Gasteiger charge is 1.92. The molecule has 1 aromatic rings. The number of nitrogens with two attached hydrogens (primary N) is 1. The summed E-state index contributed by atoms with van der Waals surface area (Å²) < 4.78 is 12.5. The van der Waals surface area contributed by atoms with Gasteiger partial charge in [0, 0.05) is 13.1 Å². The van der Waals surface area contributed by atoms with E-state index >= 15 is 0 Å². The number of halogens is 1. The first-order chi connectivity index (χ1) is 8.24. The van der Waals surface area contributed by atoms with Crippen LogP contribution in [-0.2, 0) is 6.54 Å². The molecule has 0 fully saturated rings. The van der Waals surface area contributed by atoms with Crippen LogP contribution in [0.1, 0.15) is 18.9 Å². The molecule has 1 rings (SSSR count). The number of hydrogen-bond donors (Lipinski definition) is 2. The van der Waals surface area contributed by atoms with Crippen molar-refractivity contribution in [2.45, 2.75) is 19.9 Å². The van der Waals surface area contributed by atoms with Crippen LogP contribution in [0.4, 0.5) is 4.39 Å². The zero-order chi connectivity index (χ0) is 12.9. The molecule has 0 aliphatic carbocycles. The summed E-state index contributed by atoms with van der Waals surface area (Å²) in [5.74, 6) is -0.189. The van der Waals surface area contributed by atoms with E-state index in [0.29, 0.717) is 6.54 Å². The molecule has 0 saturated carbocycles. The second kappa shape index (κ2) is 11.2. The van der Waals surface area contributed by atoms with E-state index in [2.05, 4.69) is 17.0 Å². The van der Waals surface area contributed by atoms with Crippen molar-refractivity contribution in [3.63, 3.8) is 0 Å². The minimum Gasteiger partial charge on any atom is -0.330 e. The van der Waals surface area contributed by atoms with Gasteiger partial charge in [0.15, 0.2) is 0 Å². The van der Waals surface area contributed by atoms with Gasteiger partial charge in [-0.05, 0) is 50.8 Å². The van der Waals surface area contributed by atoms with E-state index in [-0.39, 0.29) is 5.82 Å². The number of rotatable bonds is 6. The van der Waals surface area contributed by atoms with Crippen LogP contribution in [0.25, 0.3) is 0 Å². The van der Waals surface area contributed by atoms with Crippen molar-refractivity contribution >= 4 is 6.72 Å². The monoisotopic (exact) mass is 239 g/mol. The summed E-state index contributed by atoms with van der Waals surface area (Å²) in [5, 5.41) is 3.22. The van der Waals surface area contributed by atoms with Crippen LogP contribution < -0.4 is 11.1 Å². The highest BCUT2D eigenvalue weighted by molar-refractivity contribution is 5.22. The molecule has 17 heavy (non-hydrogen) atoms. The van der Waals surface area contributed by atoms with Crippen molar-refractivity contribution in [1.29, 1.82) is 0 Å². The van der Waals surface area contributed by atoms with Crippen LogP contribution in [0.5, 0.6) is 0 Å². The fourth-order valence-electron chi connectivity index (χ4n) is 1.06. The van der Waals surface area contributed by atoms with E-state index in [1.54, 1.807) is 12.1 Å². The predicted molar refractivity (Wildman–Crippen MR) is 71.9 cm³/mol. The van der Waals surface area contributed by atoms with E-state index in [1.165, 1.54) is 12.1 Å². The minimum atomic E-state index is -0.189. The van der Waals surface area contributed by atoms with Crippen molar-refractivity contribution in [2.75, 3.05) is 19.6 Å². The molecule has 0 amide bonds. The highest BCUT2D eigenvalue weighted by atomic mass is 19.1. The summed E-state index contributed by atoms with van der Waals surface area (Å²) in [7, 11) is 0. The average molecular weight is 239 g/mol. The van der Waals surface area contributed by atoms with Gasteiger partial charge in [-0.1, -0.05) is 12.1 Å². The van der Waals surface area contributed by atoms with E-state index in [9.17, 15) is 4.39 Å². The zero-order valence-electron chi connectivity index (χ0n) is 10.5. The highest BCUT2D eigenvalue weighted by Crippen LogP contribution is 2.01. The van der Waals surface area contributed by atoms with E-state index < -0.39 is 0 Å². The Bertz CT molecular complexity index is 285. The number of benzene rings is 1. The molecule has 1 aromatic carbocycles. The molecular formula is C13H22FN3. The molecule has 0 saturated heterocycles. The summed E-state index contributed by atoms with van der Waals surface area (Å²) in [5.41, 5.74) is 6.43. The molecular weight excluding hydrogens is 217 g/mol. The molecule has 3 N–H and O–H groups in total. The molecule has 0 atom stereocenters. The zero-order valence-corrected chi connectivity index (χ0v) is 10.5. The van der Waals surface area contributed by atoms with Crippen molar-refractivity contribution in [3.8, 4) is 0 Å². The Balaban J connectivity index is 0.000000557. The maximum Gasteiger partial charge on any atom is 0.123 e. The number of hydrogen-bond acceptors (Lipinski definition) is 3. The van der Waals surface area contributed by atoms with Gasteiger partial charge in [-0.3, -0.25) is 0 Å². The Hall–Kier alpha value is -1.26. The summed E-state index contributed by atoms with van der Waals surface area (Å²) in [6.45, 7) is 8.41. The fraction of sp³-hybridized carbons (Fsp3) is 0.462. The maximum absolute atomic E-state index is 12.5. The first kappa shape index (κ1) is 15.7. The van der Waals surface area contributed by atoms with E-state index in [4.69, 9.17) is 5.73 Å². The van der Waals surface area contributed by atoms with Crippen LogP contribution in [0.2, 0.25) is 0 Å². The van der Waals surface area contributed by atoms with Gasteiger partial charge in [0.25, 0.3) is 0 Å². The second-order valence-corrected chi connectivity index (χ2v) is 3.49. The van der Waals surface area contributed by atoms with Crippen LogP contribution in [0.3, 0.4) is 0 Å². The summed E-state index contributed by atoms with van der Waals surface area (Å²) in [6.07, 6.45) is 0.973. The first-order valence-corrected chi connectivity index (χ1v) is 5.82. The number of aliphatic imine (C=N–C) groups is 1. The van der Waals surface area contributed by atoms with Gasteiger partial charge in [0.1, 0.15) is 5.82 Å². The van der Waals surface area contributed by atoms with E-state index in [1.807, 2.05) is 6.92 Å². The lowest BCUT2D eigenvalue weighted by atomic mass is 10.2. The number of nitrogens with zero attached hydrogens (tertiary/aromatic N) is 1. The second-order valence-electron chi connectivity index (χ2n) is 3.49. The van der Waals surface area contributed by atoms with Gasteiger partial charge < -0.3 is 16.0 Å². The van der Waals surface area contributed by atoms with Crippen molar-refractivity contribution in [2.24, 2.45) is 10.7 Å². The Morgan fingerprint density at radius 3 is 2.41 bits per heavy atom. The lowest BCUT2D eigenvalue weighted by Gasteiger charge is -2.03. The first-order valence-electron chi connectivity index (χ1n) is 5.82. The third-order valence-corrected chi connectivity index (χ3v) is 2.02. The Labute approximate surface area is 103 Å². The standard InChI is InChI=1S/C10H15FN2.C3H7N/c11-10-4-2-9(3-5-10)8-13-7-1-6-12;1-3-4-2/h2-5,13H,1,6-8,12H2;2-3H2,1H3. The molecule has 3 nitrogen and oxygen atoms in total. The van der Waals surface area contributed by atoms with Gasteiger partial charge in [0.05, 0.1) is 0 Å². The molecule has 0 aromatic heterocycles. The lowest BCUT2D eigenvalue weighted by molar-refractivity contribution is 0.623. The van der Waals surface area contributed by atoms with Gasteiger partial charge in [-0.2, -0.15) is 0 Å². The van der Waals surface area contributed by atoms with Crippen molar-refractivity contribution in [1.82, 2.24) is 5.32 Å². The fourth-order valence-corrected chi connectivity index (χ4v) is 1.06. The van der Waals surface area contributed by atoms with Crippen molar-refractivity contribution in [3.05, 3.63) is 35.6 Å². The molecule has 0 aliphatic heterocycles. The SMILES string of the molecule is C=NCC.NCCCNCc1ccc(F)cc1. The van der Waals surface area contributed by atoms with Crippen LogP contribution in [0, 0.1) is 5.82 Å². The smallest absolute Gasteiger partial charge is 0.123 e. The Kier molecular flexibility index (Phi) is 10.4. The average Bonchev–Trinajstić information content (AvgIpc) is 2.37. The van der Waals surface area contributed by atoms with Gasteiger partial charge >= 0.3 is 0 Å². The Morgan fingerprint density at radius 2 is 1.94 bits per heavy atom. The van der Waals surface area contributed by atoms with Crippen molar-refractivity contribution < 1.29 is 4.39 Å². The van der Waals surface area contributed by atoms with Gasteiger partial charge in [-0.25, -0.2) is 4.39 Å². The lowest BCUT2D eigenvalue weighted by Crippen LogP contribution is -2.17. The topological polar surface area (TPSA) is 50.4 Å². The van der Waals surface area contributed by atoms with E-state index in [0.717, 1.165) is 31.6 Å². The minimum absolute atomic E-state index is 0.189. The largest absolute Gasteiger partial charge is 0.330 e. The molecule has 4 heteroatoms. The molecule has 96 valence electrons. The molecule has 0 aliphatic rings. The van der Waals surface area contributed by atoms with Gasteiger partial charge in [0.2, 0.25) is 0 Å². The predicted octanol–water partition coefficient (Wildman–Crippen LogP) is 1.97. The quantitative estimate of drug-likeness (QED) is 0.589. The molecule has 0 heterocycles. The summed E-state index contributed by atoms with van der Waals surface area (Å²) >= 11 is 0. The summed E-state index contributed by atoms with van der Waals surface area (Å²) in [4.78, 5) is 3.49. The molecule has 0 bridgehead atoms. The maximum atomic E-state index is 12.5. The number of nitrogens with one attached hydrogen (secondary N) is 1. The third kappa shape index (κ3) is 9.66. The molecule has 0 radical (unpaired) electrons. The molecule has 0 unspecified atom stereocenters. The van der Waals surface area contributed by atoms with Crippen LogP contribution >= 0.6 is 0 Å². The summed E-state index contributed by atoms with van der Waals surface area (Å²) in [6, 6.07) is 6.51.